The number of esters is 1. The maximum Gasteiger partial charge on any atom is 0.326 e. The number of anilines is 1. The van der Waals surface area contributed by atoms with Crippen LogP contribution >= 0.6 is 0 Å². The number of hydrogen-bond donors (Lipinski definition) is 2. The second-order valence-corrected chi connectivity index (χ2v) is 7.61. The van der Waals surface area contributed by atoms with Gasteiger partial charge < -0.3 is 20.1 Å². The molecule has 0 aromatic heterocycles. The normalized spacial score (nSPS) is 23.3. The third-order valence-corrected chi connectivity index (χ3v) is 5.60. The molecule has 1 saturated heterocycles. The van der Waals surface area contributed by atoms with E-state index in [2.05, 4.69) is 10.6 Å². The number of nitrogens with one attached hydrogen (secondary N) is 2. The minimum Gasteiger partial charge on any atom is -0.494 e. The number of amides is 4. The summed E-state index contributed by atoms with van der Waals surface area (Å²) in [5.74, 6) is -1.05. The van der Waals surface area contributed by atoms with Gasteiger partial charge in [0.25, 0.3) is 11.8 Å². The van der Waals surface area contributed by atoms with Crippen molar-refractivity contribution in [3.05, 3.63) is 24.3 Å². The molecule has 1 heterocycles. The molecule has 1 aromatic rings. The van der Waals surface area contributed by atoms with Crippen LogP contribution in [0.1, 0.15) is 39.5 Å². The Hall–Kier alpha value is -3.10. The third kappa shape index (κ3) is 4.55. The highest BCUT2D eigenvalue weighted by molar-refractivity contribution is 6.09. The van der Waals surface area contributed by atoms with Crippen molar-refractivity contribution in [2.75, 3.05) is 25.1 Å². The smallest absolute Gasteiger partial charge is 0.326 e. The van der Waals surface area contributed by atoms with Gasteiger partial charge in [-0.15, -0.1) is 0 Å². The molecule has 0 bridgehead atoms. The molecule has 0 radical (unpaired) electrons. The number of ether oxygens (including phenoxy) is 2. The first kappa shape index (κ1) is 21.6. The van der Waals surface area contributed by atoms with Crippen LogP contribution in [0.2, 0.25) is 0 Å². The predicted molar refractivity (Wildman–Crippen MR) is 108 cm³/mol. The zero-order valence-electron chi connectivity index (χ0n) is 17.2. The molecule has 2 fully saturated rings. The lowest BCUT2D eigenvalue weighted by Crippen LogP contribution is -2.54. The van der Waals surface area contributed by atoms with Gasteiger partial charge in [0.05, 0.1) is 6.61 Å². The van der Waals surface area contributed by atoms with E-state index in [-0.39, 0.29) is 5.92 Å². The number of nitrogens with zero attached hydrogens (tertiary/aromatic N) is 1. The molecular weight excluding hydrogens is 390 g/mol. The molecule has 162 valence electrons. The Balaban J connectivity index is 1.49. The summed E-state index contributed by atoms with van der Waals surface area (Å²) < 4.78 is 10.3. The van der Waals surface area contributed by atoms with Crippen LogP contribution in [0.15, 0.2) is 24.3 Å². The quantitative estimate of drug-likeness (QED) is 0.519. The van der Waals surface area contributed by atoms with E-state index in [0.717, 1.165) is 24.2 Å². The molecule has 1 aliphatic carbocycles. The Labute approximate surface area is 175 Å². The van der Waals surface area contributed by atoms with Crippen LogP contribution in [-0.4, -0.2) is 54.0 Å². The second kappa shape index (κ2) is 9.15. The molecule has 2 atom stereocenters. The highest BCUT2D eigenvalue weighted by Crippen LogP contribution is 2.38. The van der Waals surface area contributed by atoms with Crippen molar-refractivity contribution in [3.63, 3.8) is 0 Å². The zero-order chi connectivity index (χ0) is 21.7. The van der Waals surface area contributed by atoms with Crippen molar-refractivity contribution in [3.8, 4) is 5.75 Å². The van der Waals surface area contributed by atoms with Gasteiger partial charge in [-0.05, 0) is 49.9 Å². The van der Waals surface area contributed by atoms with Gasteiger partial charge in [-0.3, -0.25) is 19.3 Å². The van der Waals surface area contributed by atoms with Crippen LogP contribution in [0.3, 0.4) is 0 Å². The maximum absolute atomic E-state index is 12.8. The monoisotopic (exact) mass is 417 g/mol. The Bertz CT molecular complexity index is 825. The number of benzene rings is 1. The standard InChI is InChI=1S/C21H27N3O6/c1-3-29-16-9-7-15(8-10-16)22-17(25)13-30-18(26)12-24-19(27)21(23-20(24)28)11-5-4-6-14(21)2/h7-10,14H,3-6,11-13H2,1-2H3,(H,22,25)(H,23,28)/t14-,21-/m0/s1. The summed E-state index contributed by atoms with van der Waals surface area (Å²) >= 11 is 0. The Morgan fingerprint density at radius 1 is 1.23 bits per heavy atom. The average Bonchev–Trinajstić information content (AvgIpc) is 2.95. The first-order valence-corrected chi connectivity index (χ1v) is 10.2. The number of rotatable bonds is 7. The largest absolute Gasteiger partial charge is 0.494 e. The number of hydrogen-bond acceptors (Lipinski definition) is 6. The summed E-state index contributed by atoms with van der Waals surface area (Å²) in [7, 11) is 0. The summed E-state index contributed by atoms with van der Waals surface area (Å²) in [5, 5.41) is 5.37. The summed E-state index contributed by atoms with van der Waals surface area (Å²) in [5.41, 5.74) is -0.400. The van der Waals surface area contributed by atoms with Crippen molar-refractivity contribution in [2.24, 2.45) is 5.92 Å². The summed E-state index contributed by atoms with van der Waals surface area (Å²) in [6, 6.07) is 6.17. The highest BCUT2D eigenvalue weighted by Gasteiger charge is 2.55. The Kier molecular flexibility index (Phi) is 6.59. The van der Waals surface area contributed by atoms with Crippen molar-refractivity contribution in [1.29, 1.82) is 0 Å². The van der Waals surface area contributed by atoms with E-state index < -0.39 is 42.5 Å². The van der Waals surface area contributed by atoms with Crippen LogP contribution in [0.5, 0.6) is 5.75 Å². The second-order valence-electron chi connectivity index (χ2n) is 7.61. The van der Waals surface area contributed by atoms with E-state index in [1.165, 1.54) is 0 Å². The van der Waals surface area contributed by atoms with Gasteiger partial charge in [-0.2, -0.15) is 0 Å². The number of imide groups is 1. The van der Waals surface area contributed by atoms with Gasteiger partial charge in [0.2, 0.25) is 0 Å². The molecule has 9 nitrogen and oxygen atoms in total. The van der Waals surface area contributed by atoms with E-state index in [9.17, 15) is 19.2 Å². The molecule has 1 saturated carbocycles. The minimum absolute atomic E-state index is 0.00335. The molecule has 2 aliphatic rings. The molecule has 1 aliphatic heterocycles. The maximum atomic E-state index is 12.8. The zero-order valence-corrected chi connectivity index (χ0v) is 17.2. The van der Waals surface area contributed by atoms with Crippen LogP contribution in [-0.2, 0) is 19.1 Å². The molecule has 4 amide bonds. The lowest BCUT2D eigenvalue weighted by molar-refractivity contribution is -0.150. The van der Waals surface area contributed by atoms with Crippen molar-refractivity contribution in [2.45, 2.75) is 45.1 Å². The topological polar surface area (TPSA) is 114 Å². The Morgan fingerprint density at radius 3 is 2.63 bits per heavy atom. The van der Waals surface area contributed by atoms with Crippen LogP contribution in [0.25, 0.3) is 0 Å². The lowest BCUT2D eigenvalue weighted by Gasteiger charge is -2.36. The van der Waals surface area contributed by atoms with E-state index in [1.807, 2.05) is 13.8 Å². The number of urea groups is 1. The van der Waals surface area contributed by atoms with Gasteiger partial charge in [-0.25, -0.2) is 4.79 Å². The minimum atomic E-state index is -0.930. The van der Waals surface area contributed by atoms with E-state index in [0.29, 0.717) is 24.5 Å². The molecule has 30 heavy (non-hydrogen) atoms. The number of carbonyl (C=O) groups excluding carboxylic acids is 4. The molecule has 9 heteroatoms. The summed E-state index contributed by atoms with van der Waals surface area (Å²) in [6.07, 6.45) is 3.27. The predicted octanol–water partition coefficient (Wildman–Crippen LogP) is 2.07. The Morgan fingerprint density at radius 2 is 1.97 bits per heavy atom. The van der Waals surface area contributed by atoms with Gasteiger partial charge in [-0.1, -0.05) is 19.8 Å². The van der Waals surface area contributed by atoms with E-state index in [1.54, 1.807) is 24.3 Å². The fourth-order valence-corrected chi connectivity index (χ4v) is 3.96. The van der Waals surface area contributed by atoms with Gasteiger partial charge >= 0.3 is 12.0 Å². The SMILES string of the molecule is CCOc1ccc(NC(=O)COC(=O)CN2C(=O)N[C@]3(CCCC[C@@H]3C)C2=O)cc1. The average molecular weight is 417 g/mol. The van der Waals surface area contributed by atoms with Crippen molar-refractivity contribution in [1.82, 2.24) is 10.2 Å². The first-order chi connectivity index (χ1) is 14.4. The molecule has 1 aromatic carbocycles. The summed E-state index contributed by atoms with van der Waals surface area (Å²) in [4.78, 5) is 50.1. The first-order valence-electron chi connectivity index (χ1n) is 10.2. The van der Waals surface area contributed by atoms with Gasteiger partial charge in [0.15, 0.2) is 6.61 Å². The van der Waals surface area contributed by atoms with Gasteiger partial charge in [0, 0.05) is 5.69 Å². The van der Waals surface area contributed by atoms with E-state index in [4.69, 9.17) is 9.47 Å². The highest BCUT2D eigenvalue weighted by atomic mass is 16.5. The van der Waals surface area contributed by atoms with Gasteiger partial charge in [0.1, 0.15) is 17.8 Å². The van der Waals surface area contributed by atoms with Crippen LogP contribution in [0, 0.1) is 5.92 Å². The fraction of sp³-hybridized carbons (Fsp3) is 0.524. The molecular formula is C21H27N3O6. The van der Waals surface area contributed by atoms with Crippen molar-refractivity contribution < 1.29 is 28.7 Å². The van der Waals surface area contributed by atoms with E-state index >= 15 is 0 Å². The lowest BCUT2D eigenvalue weighted by atomic mass is 9.73. The summed E-state index contributed by atoms with van der Waals surface area (Å²) in [6.45, 7) is 3.31. The van der Waals surface area contributed by atoms with Crippen molar-refractivity contribution >= 4 is 29.5 Å². The fourth-order valence-electron chi connectivity index (χ4n) is 3.96. The molecule has 0 unspecified atom stereocenters. The molecule has 1 spiro atoms. The third-order valence-electron chi connectivity index (χ3n) is 5.60. The van der Waals surface area contributed by atoms with Crippen LogP contribution < -0.4 is 15.4 Å². The molecule has 2 N–H and O–H groups in total. The molecule has 3 rings (SSSR count). The van der Waals surface area contributed by atoms with Crippen LogP contribution in [0.4, 0.5) is 10.5 Å². The number of carbonyl (C=O) groups is 4.